The van der Waals surface area contributed by atoms with Crippen LogP contribution in [0.25, 0.3) is 41.7 Å². The number of thioether (sulfide) groups is 1. The molecule has 0 saturated carbocycles. The zero-order valence-corrected chi connectivity index (χ0v) is 21.7. The van der Waals surface area contributed by atoms with Gasteiger partial charge < -0.3 is 9.84 Å². The minimum atomic E-state index is -1.02. The van der Waals surface area contributed by atoms with Crippen molar-refractivity contribution in [1.82, 2.24) is 0 Å². The summed E-state index contributed by atoms with van der Waals surface area (Å²) in [6, 6.07) is 32.2. The van der Waals surface area contributed by atoms with Crippen LogP contribution in [0.15, 0.2) is 102 Å². The predicted molar refractivity (Wildman–Crippen MR) is 157 cm³/mol. The van der Waals surface area contributed by atoms with Gasteiger partial charge in [0.05, 0.1) is 0 Å². The fourth-order valence-corrected chi connectivity index (χ4v) is 6.55. The predicted octanol–water partition coefficient (Wildman–Crippen LogP) is 8.72. The number of aryl methyl sites for hydroxylation is 2. The van der Waals surface area contributed by atoms with E-state index in [1.807, 2.05) is 35.8 Å². The monoisotopic (exact) mass is 506 g/mol. The second-order valence-corrected chi connectivity index (χ2v) is 11.0. The van der Waals surface area contributed by atoms with Crippen molar-refractivity contribution in [2.24, 2.45) is 0 Å². The number of benzene rings is 5. The third-order valence-corrected chi connectivity index (χ3v) is 8.80. The molecule has 178 valence electrons. The molecule has 6 aromatic rings. The number of hydrogen-bond donors (Lipinski definition) is 1. The van der Waals surface area contributed by atoms with Gasteiger partial charge in [-0.1, -0.05) is 79.4 Å². The van der Waals surface area contributed by atoms with Crippen LogP contribution in [-0.4, -0.2) is 17.7 Å². The highest BCUT2D eigenvalue weighted by Crippen LogP contribution is 2.44. The van der Waals surface area contributed by atoms with Crippen molar-refractivity contribution in [1.29, 1.82) is 0 Å². The number of fused-ring (bicyclic) bond motifs is 7. The Balaban J connectivity index is 1.47. The summed E-state index contributed by atoms with van der Waals surface area (Å²) >= 11 is 3.29. The number of ether oxygens (including phenoxy) is 1. The molecule has 0 aliphatic rings. The maximum absolute atomic E-state index is 10.4. The Morgan fingerprint density at radius 3 is 2.31 bits per heavy atom. The van der Waals surface area contributed by atoms with E-state index in [4.69, 9.17) is 4.74 Å². The molecule has 0 aliphatic carbocycles. The third kappa shape index (κ3) is 4.05. The molecule has 0 aliphatic heterocycles. The maximum atomic E-state index is 10.4. The summed E-state index contributed by atoms with van der Waals surface area (Å²) in [5, 5.41) is 18.2. The van der Waals surface area contributed by atoms with E-state index in [9.17, 15) is 5.11 Å². The van der Waals surface area contributed by atoms with E-state index in [0.717, 1.165) is 18.4 Å². The van der Waals surface area contributed by atoms with E-state index >= 15 is 0 Å². The Kier molecular flexibility index (Phi) is 6.18. The first-order chi connectivity index (χ1) is 17.6. The largest absolute Gasteiger partial charge is 0.460 e. The van der Waals surface area contributed by atoms with Crippen LogP contribution < -0.4 is 4.74 Å². The van der Waals surface area contributed by atoms with Gasteiger partial charge in [0.15, 0.2) is 0 Å². The van der Waals surface area contributed by atoms with Crippen LogP contribution in [0.3, 0.4) is 0 Å². The molecular formula is C32H26O2S2. The van der Waals surface area contributed by atoms with Gasteiger partial charge >= 0.3 is 0 Å². The number of rotatable bonds is 7. The molecule has 0 amide bonds. The molecule has 0 saturated heterocycles. The Morgan fingerprint density at radius 1 is 0.833 bits per heavy atom. The molecule has 1 N–H and O–H groups in total. The highest BCUT2D eigenvalue weighted by atomic mass is 32.2. The van der Waals surface area contributed by atoms with Gasteiger partial charge in [-0.2, -0.15) is 0 Å². The molecule has 5 aromatic carbocycles. The molecule has 36 heavy (non-hydrogen) atoms. The molecule has 0 bridgehead atoms. The van der Waals surface area contributed by atoms with Gasteiger partial charge in [-0.05, 0) is 70.0 Å². The number of para-hydroxylation sites is 1. The first-order valence-electron chi connectivity index (χ1n) is 12.0. The van der Waals surface area contributed by atoms with Crippen molar-refractivity contribution >= 4 is 64.8 Å². The Bertz CT molecular complexity index is 1750. The van der Waals surface area contributed by atoms with Gasteiger partial charge in [-0.3, -0.25) is 0 Å². The fraction of sp³-hybridized carbons (Fsp3) is 0.125. The van der Waals surface area contributed by atoms with Crippen LogP contribution >= 0.6 is 23.1 Å². The number of hydrogen-bond acceptors (Lipinski definition) is 4. The van der Waals surface area contributed by atoms with Gasteiger partial charge in [-0.25, -0.2) is 0 Å². The molecular weight excluding hydrogens is 480 g/mol. The van der Waals surface area contributed by atoms with Gasteiger partial charge in [-0.15, -0.1) is 23.1 Å². The standard InChI is InChI=1S/C32H26O2S2/c1-20(35-2)32(33)34-27-14-8-5-10-22(27)15-16-24-19-23-11-4-7-13-26(23)30-29-25-12-6-3-9-21(25)17-18-28(29)36-31(24)30/h3-14,17-19,32-33H,1,15-16H2,2H3. The lowest BCUT2D eigenvalue weighted by Gasteiger charge is -2.17. The third-order valence-electron chi connectivity index (χ3n) is 6.84. The molecule has 0 spiro atoms. The van der Waals surface area contributed by atoms with Gasteiger partial charge in [0.1, 0.15) is 5.75 Å². The number of thiophene rings is 1. The SMILES string of the molecule is C=C(SC)C(O)Oc1ccccc1CCc1cc2ccccc2c2c1sc1ccc3ccccc3c12. The molecule has 4 heteroatoms. The second-order valence-electron chi connectivity index (χ2n) is 8.97. The molecule has 0 radical (unpaired) electrons. The maximum Gasteiger partial charge on any atom is 0.229 e. The van der Waals surface area contributed by atoms with E-state index in [1.165, 1.54) is 59.0 Å². The summed E-state index contributed by atoms with van der Waals surface area (Å²) in [6.07, 6.45) is 2.56. The van der Waals surface area contributed by atoms with E-state index in [2.05, 4.69) is 79.4 Å². The van der Waals surface area contributed by atoms with Crippen LogP contribution in [0, 0.1) is 0 Å². The molecule has 1 aromatic heterocycles. The topological polar surface area (TPSA) is 29.5 Å². The summed E-state index contributed by atoms with van der Waals surface area (Å²) in [4.78, 5) is 0.596. The van der Waals surface area contributed by atoms with E-state index in [-0.39, 0.29) is 0 Å². The molecule has 2 nitrogen and oxygen atoms in total. The van der Waals surface area contributed by atoms with Crippen molar-refractivity contribution in [2.75, 3.05) is 6.26 Å². The highest BCUT2D eigenvalue weighted by Gasteiger charge is 2.17. The van der Waals surface area contributed by atoms with E-state index < -0.39 is 6.29 Å². The van der Waals surface area contributed by atoms with Crippen molar-refractivity contribution < 1.29 is 9.84 Å². The minimum Gasteiger partial charge on any atom is -0.460 e. The first kappa shape index (κ1) is 23.1. The zero-order chi connectivity index (χ0) is 24.6. The quantitative estimate of drug-likeness (QED) is 0.220. The normalized spacial score (nSPS) is 12.5. The lowest BCUT2D eigenvalue weighted by molar-refractivity contribution is 0.0212. The summed E-state index contributed by atoms with van der Waals surface area (Å²) < 4.78 is 8.56. The minimum absolute atomic E-state index is 0.596. The van der Waals surface area contributed by atoms with Crippen molar-refractivity contribution in [3.8, 4) is 5.75 Å². The van der Waals surface area contributed by atoms with Gasteiger partial charge in [0.2, 0.25) is 6.29 Å². The molecule has 0 fully saturated rings. The van der Waals surface area contributed by atoms with Crippen LogP contribution in [0.5, 0.6) is 5.75 Å². The van der Waals surface area contributed by atoms with Crippen LogP contribution in [0.2, 0.25) is 0 Å². The van der Waals surface area contributed by atoms with Crippen molar-refractivity contribution in [3.05, 3.63) is 114 Å². The number of aliphatic hydroxyl groups is 1. The Morgan fingerprint density at radius 2 is 1.50 bits per heavy atom. The smallest absolute Gasteiger partial charge is 0.229 e. The fourth-order valence-electron chi connectivity index (χ4n) is 5.02. The second kappa shape index (κ2) is 9.62. The van der Waals surface area contributed by atoms with Crippen molar-refractivity contribution in [3.63, 3.8) is 0 Å². The lowest BCUT2D eigenvalue weighted by Crippen LogP contribution is -2.17. The summed E-state index contributed by atoms with van der Waals surface area (Å²) in [5.41, 5.74) is 2.43. The van der Waals surface area contributed by atoms with Crippen molar-refractivity contribution in [2.45, 2.75) is 19.1 Å². The molecule has 1 unspecified atom stereocenters. The molecule has 1 heterocycles. The molecule has 1 atom stereocenters. The van der Waals surface area contributed by atoms with Crippen LogP contribution in [-0.2, 0) is 12.8 Å². The highest BCUT2D eigenvalue weighted by molar-refractivity contribution is 8.02. The Labute approximate surface area is 218 Å². The number of aliphatic hydroxyl groups excluding tert-OH is 1. The average molecular weight is 507 g/mol. The zero-order valence-electron chi connectivity index (χ0n) is 20.0. The van der Waals surface area contributed by atoms with E-state index in [0.29, 0.717) is 10.7 Å². The van der Waals surface area contributed by atoms with Crippen LogP contribution in [0.1, 0.15) is 11.1 Å². The van der Waals surface area contributed by atoms with Gasteiger partial charge in [0, 0.05) is 25.1 Å². The summed E-state index contributed by atoms with van der Waals surface area (Å²) in [6.45, 7) is 3.89. The lowest BCUT2D eigenvalue weighted by atomic mass is 9.95. The van der Waals surface area contributed by atoms with Crippen LogP contribution in [0.4, 0.5) is 0 Å². The van der Waals surface area contributed by atoms with Gasteiger partial charge in [0.25, 0.3) is 0 Å². The summed E-state index contributed by atoms with van der Waals surface area (Å²) in [5.74, 6) is 0.708. The first-order valence-corrected chi connectivity index (χ1v) is 14.1. The molecule has 6 rings (SSSR count). The summed E-state index contributed by atoms with van der Waals surface area (Å²) in [7, 11) is 0. The van der Waals surface area contributed by atoms with E-state index in [1.54, 1.807) is 0 Å². The Hall–Kier alpha value is -3.31. The average Bonchev–Trinajstić information content (AvgIpc) is 3.32.